The molecule has 1 saturated carbocycles. The lowest BCUT2D eigenvalue weighted by Crippen LogP contribution is -2.34. The summed E-state index contributed by atoms with van der Waals surface area (Å²) < 4.78 is 4.96. The van der Waals surface area contributed by atoms with Gasteiger partial charge in [0.15, 0.2) is 0 Å². The fourth-order valence-electron chi connectivity index (χ4n) is 2.00. The number of hydrogen-bond acceptors (Lipinski definition) is 3. The van der Waals surface area contributed by atoms with Crippen molar-refractivity contribution < 1.29 is 14.3 Å². The van der Waals surface area contributed by atoms with Crippen LogP contribution < -0.4 is 10.6 Å². The van der Waals surface area contributed by atoms with Crippen LogP contribution in [0.5, 0.6) is 0 Å². The topological polar surface area (TPSA) is 67.4 Å². The molecule has 1 aromatic carbocycles. The highest BCUT2D eigenvalue weighted by molar-refractivity contribution is 5.95. The molecule has 1 aliphatic carbocycles. The fraction of sp³-hybridized carbons (Fsp3) is 0.412. The minimum absolute atomic E-state index is 0.0318. The Labute approximate surface area is 130 Å². The zero-order chi connectivity index (χ0) is 15.9. The predicted molar refractivity (Wildman–Crippen MR) is 85.4 cm³/mol. The molecule has 1 fully saturated rings. The second-order valence-corrected chi connectivity index (χ2v) is 5.57. The van der Waals surface area contributed by atoms with Crippen molar-refractivity contribution >= 4 is 17.9 Å². The molecule has 2 rings (SSSR count). The number of rotatable bonds is 7. The molecule has 1 aromatic rings. The van der Waals surface area contributed by atoms with Gasteiger partial charge in [0.2, 0.25) is 5.91 Å². The number of carbonyl (C=O) groups excluding carboxylic acids is 2. The third-order valence-corrected chi connectivity index (χ3v) is 3.32. The van der Waals surface area contributed by atoms with E-state index >= 15 is 0 Å². The van der Waals surface area contributed by atoms with E-state index in [-0.39, 0.29) is 17.9 Å². The fourth-order valence-corrected chi connectivity index (χ4v) is 2.00. The van der Waals surface area contributed by atoms with Gasteiger partial charge in [-0.15, -0.1) is 0 Å². The molecular formula is C17H22N2O3. The Kier molecular flexibility index (Phi) is 5.72. The van der Waals surface area contributed by atoms with Crippen LogP contribution in [0.3, 0.4) is 0 Å². The molecule has 0 aliphatic heterocycles. The largest absolute Gasteiger partial charge is 0.383 e. The summed E-state index contributed by atoms with van der Waals surface area (Å²) >= 11 is 0. The van der Waals surface area contributed by atoms with Gasteiger partial charge in [-0.3, -0.25) is 9.59 Å². The molecule has 1 atom stereocenters. The van der Waals surface area contributed by atoms with Gasteiger partial charge >= 0.3 is 0 Å². The average molecular weight is 302 g/mol. The summed E-state index contributed by atoms with van der Waals surface area (Å²) in [7, 11) is 1.60. The van der Waals surface area contributed by atoms with E-state index < -0.39 is 0 Å². The summed E-state index contributed by atoms with van der Waals surface area (Å²) in [6.07, 6.45) is 5.34. The van der Waals surface area contributed by atoms with Gasteiger partial charge in [-0.05, 0) is 43.5 Å². The molecule has 5 heteroatoms. The molecule has 22 heavy (non-hydrogen) atoms. The molecule has 2 amide bonds. The van der Waals surface area contributed by atoms with Crippen molar-refractivity contribution in [3.8, 4) is 0 Å². The monoisotopic (exact) mass is 302 g/mol. The number of ether oxygens (including phenoxy) is 1. The number of nitrogens with one attached hydrogen (secondary N) is 2. The van der Waals surface area contributed by atoms with Crippen molar-refractivity contribution in [1.29, 1.82) is 0 Å². The molecular weight excluding hydrogens is 280 g/mol. The molecule has 0 saturated heterocycles. The second-order valence-electron chi connectivity index (χ2n) is 5.57. The Bertz CT molecular complexity index is 548. The molecule has 0 bridgehead atoms. The van der Waals surface area contributed by atoms with Gasteiger partial charge in [-0.1, -0.05) is 12.1 Å². The van der Waals surface area contributed by atoms with Crippen LogP contribution in [-0.4, -0.2) is 37.6 Å². The van der Waals surface area contributed by atoms with Crippen LogP contribution in [0, 0.1) is 0 Å². The van der Waals surface area contributed by atoms with E-state index in [1.165, 1.54) is 6.08 Å². The third kappa shape index (κ3) is 5.33. The molecule has 1 aliphatic rings. The Balaban J connectivity index is 1.85. The van der Waals surface area contributed by atoms with Crippen LogP contribution in [0.15, 0.2) is 30.3 Å². The number of amides is 2. The molecule has 0 spiro atoms. The standard InChI is InChI=1S/C17H22N2O3/c1-12(11-22-2)18-16(20)10-5-13-3-6-14(7-4-13)17(21)19-15-8-9-15/h3-7,10,12,15H,8-9,11H2,1-2H3,(H,18,20)(H,19,21)/b10-5+. The quantitative estimate of drug-likeness (QED) is 0.754. The van der Waals surface area contributed by atoms with Gasteiger partial charge in [0.05, 0.1) is 6.61 Å². The van der Waals surface area contributed by atoms with Crippen LogP contribution in [-0.2, 0) is 9.53 Å². The zero-order valence-electron chi connectivity index (χ0n) is 13.0. The average Bonchev–Trinajstić information content (AvgIpc) is 3.30. The van der Waals surface area contributed by atoms with Crippen molar-refractivity contribution in [3.63, 3.8) is 0 Å². The van der Waals surface area contributed by atoms with Gasteiger partial charge in [0, 0.05) is 30.8 Å². The van der Waals surface area contributed by atoms with E-state index in [0.717, 1.165) is 18.4 Å². The summed E-state index contributed by atoms with van der Waals surface area (Å²) in [6.45, 7) is 2.35. The van der Waals surface area contributed by atoms with Crippen molar-refractivity contribution in [3.05, 3.63) is 41.5 Å². The van der Waals surface area contributed by atoms with Crippen LogP contribution >= 0.6 is 0 Å². The van der Waals surface area contributed by atoms with Crippen molar-refractivity contribution in [2.45, 2.75) is 31.8 Å². The highest BCUT2D eigenvalue weighted by atomic mass is 16.5. The van der Waals surface area contributed by atoms with Crippen molar-refractivity contribution in [2.75, 3.05) is 13.7 Å². The molecule has 0 aromatic heterocycles. The van der Waals surface area contributed by atoms with Crippen LogP contribution in [0.25, 0.3) is 6.08 Å². The normalized spacial score (nSPS) is 15.5. The Morgan fingerprint density at radius 3 is 2.59 bits per heavy atom. The summed E-state index contributed by atoms with van der Waals surface area (Å²) in [5, 5.41) is 5.73. The van der Waals surface area contributed by atoms with E-state index in [4.69, 9.17) is 4.74 Å². The van der Waals surface area contributed by atoms with Gasteiger partial charge in [-0.25, -0.2) is 0 Å². The molecule has 1 unspecified atom stereocenters. The van der Waals surface area contributed by atoms with Crippen molar-refractivity contribution in [1.82, 2.24) is 10.6 Å². The number of hydrogen-bond donors (Lipinski definition) is 2. The van der Waals surface area contributed by atoms with E-state index in [1.54, 1.807) is 25.3 Å². The first-order valence-corrected chi connectivity index (χ1v) is 7.47. The lowest BCUT2D eigenvalue weighted by Gasteiger charge is -2.10. The maximum Gasteiger partial charge on any atom is 0.251 e. The summed E-state index contributed by atoms with van der Waals surface area (Å²) in [5.74, 6) is -0.204. The van der Waals surface area contributed by atoms with E-state index in [9.17, 15) is 9.59 Å². The molecule has 0 radical (unpaired) electrons. The highest BCUT2D eigenvalue weighted by Crippen LogP contribution is 2.19. The number of methoxy groups -OCH3 is 1. The highest BCUT2D eigenvalue weighted by Gasteiger charge is 2.23. The maximum atomic E-state index is 11.9. The van der Waals surface area contributed by atoms with Gasteiger partial charge < -0.3 is 15.4 Å². The van der Waals surface area contributed by atoms with E-state index in [0.29, 0.717) is 18.2 Å². The van der Waals surface area contributed by atoms with Crippen LogP contribution in [0.4, 0.5) is 0 Å². The van der Waals surface area contributed by atoms with Gasteiger partial charge in [-0.2, -0.15) is 0 Å². The third-order valence-electron chi connectivity index (χ3n) is 3.32. The van der Waals surface area contributed by atoms with Crippen molar-refractivity contribution in [2.24, 2.45) is 0 Å². The second kappa shape index (κ2) is 7.75. The molecule has 118 valence electrons. The lowest BCUT2D eigenvalue weighted by atomic mass is 10.1. The maximum absolute atomic E-state index is 11.9. The smallest absolute Gasteiger partial charge is 0.251 e. The lowest BCUT2D eigenvalue weighted by molar-refractivity contribution is -0.117. The SMILES string of the molecule is COCC(C)NC(=O)/C=C/c1ccc(C(=O)NC2CC2)cc1. The van der Waals surface area contributed by atoms with E-state index in [1.807, 2.05) is 19.1 Å². The van der Waals surface area contributed by atoms with Crippen LogP contribution in [0.2, 0.25) is 0 Å². The minimum Gasteiger partial charge on any atom is -0.383 e. The number of carbonyl (C=O) groups is 2. The minimum atomic E-state index is -0.167. The first-order valence-electron chi connectivity index (χ1n) is 7.47. The van der Waals surface area contributed by atoms with Gasteiger partial charge in [0.1, 0.15) is 0 Å². The molecule has 2 N–H and O–H groups in total. The number of benzene rings is 1. The predicted octanol–water partition coefficient (Wildman–Crippen LogP) is 1.74. The summed E-state index contributed by atoms with van der Waals surface area (Å²) in [5.41, 5.74) is 1.51. The zero-order valence-corrected chi connectivity index (χ0v) is 13.0. The Morgan fingerprint density at radius 1 is 1.32 bits per heavy atom. The van der Waals surface area contributed by atoms with E-state index in [2.05, 4.69) is 10.6 Å². The Hall–Kier alpha value is -2.14. The first-order chi connectivity index (χ1) is 10.6. The summed E-state index contributed by atoms with van der Waals surface area (Å²) in [6, 6.07) is 7.50. The first kappa shape index (κ1) is 16.2. The van der Waals surface area contributed by atoms with Gasteiger partial charge in [0.25, 0.3) is 5.91 Å². The molecule has 0 heterocycles. The van der Waals surface area contributed by atoms with Crippen LogP contribution in [0.1, 0.15) is 35.7 Å². The molecule has 5 nitrogen and oxygen atoms in total. The Morgan fingerprint density at radius 2 is 2.00 bits per heavy atom. The summed E-state index contributed by atoms with van der Waals surface area (Å²) in [4.78, 5) is 23.5.